The summed E-state index contributed by atoms with van der Waals surface area (Å²) < 4.78 is 51.6. The molecule has 0 saturated carbocycles. The number of carboxylic acid groups (broad SMARTS) is 1. The zero-order valence-corrected chi connectivity index (χ0v) is 20.4. The molecule has 0 amide bonds. The van der Waals surface area contributed by atoms with E-state index >= 15 is 0 Å². The molecule has 8 nitrogen and oxygen atoms in total. The van der Waals surface area contributed by atoms with E-state index in [1.165, 1.54) is 6.92 Å². The molecule has 2 aliphatic rings. The monoisotopic (exact) mass is 516 g/mol. The molecule has 37 heavy (non-hydrogen) atoms. The van der Waals surface area contributed by atoms with Gasteiger partial charge in [0, 0.05) is 37.9 Å². The van der Waals surface area contributed by atoms with Crippen LogP contribution in [0.25, 0.3) is 0 Å². The maximum Gasteiger partial charge on any atom is 0.431 e. The highest BCUT2D eigenvalue weighted by Gasteiger charge is 2.48. The van der Waals surface area contributed by atoms with Crippen LogP contribution in [0.1, 0.15) is 31.7 Å². The van der Waals surface area contributed by atoms with Gasteiger partial charge in [-0.2, -0.15) is 23.5 Å². The molecule has 1 saturated heterocycles. The van der Waals surface area contributed by atoms with Crippen LogP contribution in [0.5, 0.6) is 11.5 Å². The van der Waals surface area contributed by atoms with Crippen LogP contribution in [0.15, 0.2) is 47.6 Å². The number of piperidine rings is 1. The third kappa shape index (κ3) is 5.74. The van der Waals surface area contributed by atoms with Gasteiger partial charge < -0.3 is 19.5 Å². The quantitative estimate of drug-likeness (QED) is 0.563. The molecular formula is C26H27F3N4O4. The second-order valence-corrected chi connectivity index (χ2v) is 9.07. The van der Waals surface area contributed by atoms with Gasteiger partial charge in [0.1, 0.15) is 29.4 Å². The van der Waals surface area contributed by atoms with E-state index in [2.05, 4.69) is 16.1 Å². The van der Waals surface area contributed by atoms with Crippen molar-refractivity contribution in [1.29, 1.82) is 5.26 Å². The molecule has 1 N–H and O–H groups in total. The zero-order chi connectivity index (χ0) is 26.7. The number of hydrogen-bond acceptors (Lipinski definition) is 7. The summed E-state index contributed by atoms with van der Waals surface area (Å²) >= 11 is 0. The van der Waals surface area contributed by atoms with Crippen molar-refractivity contribution in [3.8, 4) is 17.6 Å². The minimum absolute atomic E-state index is 0.0698. The fraction of sp³-hybridized carbons (Fsp3) is 0.423. The number of aliphatic carboxylic acids is 1. The number of hydrazone groups is 1. The predicted octanol–water partition coefficient (Wildman–Crippen LogP) is 4.83. The number of alkyl halides is 3. The molecule has 4 rings (SSSR count). The van der Waals surface area contributed by atoms with Crippen LogP contribution in [0.2, 0.25) is 0 Å². The van der Waals surface area contributed by atoms with Crippen LogP contribution in [0.3, 0.4) is 0 Å². The van der Waals surface area contributed by atoms with Crippen LogP contribution >= 0.6 is 0 Å². The fourth-order valence-electron chi connectivity index (χ4n) is 4.76. The Bertz CT molecular complexity index is 1200. The number of carbonyl (C=O) groups is 1. The van der Waals surface area contributed by atoms with Crippen molar-refractivity contribution in [2.75, 3.05) is 30.1 Å². The lowest BCUT2D eigenvalue weighted by molar-refractivity contribution is -0.137. The lowest BCUT2D eigenvalue weighted by atomic mass is 9.94. The van der Waals surface area contributed by atoms with Gasteiger partial charge in [-0.15, -0.1) is 0 Å². The lowest BCUT2D eigenvalue weighted by Crippen LogP contribution is -2.38. The van der Waals surface area contributed by atoms with E-state index in [0.717, 1.165) is 10.7 Å². The van der Waals surface area contributed by atoms with Crippen molar-refractivity contribution in [1.82, 2.24) is 0 Å². The summed E-state index contributed by atoms with van der Waals surface area (Å²) in [6.07, 6.45) is -3.75. The highest BCUT2D eigenvalue weighted by Crippen LogP contribution is 2.37. The Morgan fingerprint density at radius 3 is 2.38 bits per heavy atom. The number of nitrogens with zero attached hydrogens (tertiary/aromatic N) is 4. The van der Waals surface area contributed by atoms with Crippen molar-refractivity contribution in [2.24, 2.45) is 11.0 Å². The van der Waals surface area contributed by atoms with Crippen LogP contribution in [0, 0.1) is 17.2 Å². The minimum Gasteiger partial charge on any atom is -0.497 e. The Morgan fingerprint density at radius 2 is 1.81 bits per heavy atom. The lowest BCUT2D eigenvalue weighted by Gasteiger charge is -2.34. The third-order valence-corrected chi connectivity index (χ3v) is 6.72. The fourth-order valence-corrected chi connectivity index (χ4v) is 4.76. The molecule has 0 unspecified atom stereocenters. The van der Waals surface area contributed by atoms with Crippen LogP contribution in [0.4, 0.5) is 24.5 Å². The SMILES string of the molecule is COc1ccc(C#N)c(N2CCC(Oc3ccc(N4N=C(C(F)(F)F)[C@@H](C)[C@@H]4CC(=O)O)cc3)CC2)c1. The van der Waals surface area contributed by atoms with E-state index in [0.29, 0.717) is 48.7 Å². The Kier molecular flexibility index (Phi) is 7.47. The number of ether oxygens (including phenoxy) is 2. The van der Waals surface area contributed by atoms with Gasteiger partial charge in [-0.3, -0.25) is 9.80 Å². The van der Waals surface area contributed by atoms with Gasteiger partial charge in [0.15, 0.2) is 0 Å². The normalized spacial score (nSPS) is 20.4. The largest absolute Gasteiger partial charge is 0.497 e. The second-order valence-electron chi connectivity index (χ2n) is 9.07. The van der Waals surface area contributed by atoms with Crippen molar-refractivity contribution >= 4 is 23.1 Å². The van der Waals surface area contributed by atoms with E-state index in [1.54, 1.807) is 43.5 Å². The van der Waals surface area contributed by atoms with E-state index in [1.807, 2.05) is 6.07 Å². The first-order chi connectivity index (χ1) is 17.6. The molecule has 0 bridgehead atoms. The van der Waals surface area contributed by atoms with Crippen molar-refractivity contribution in [2.45, 2.75) is 44.5 Å². The Labute approximate surface area is 212 Å². The van der Waals surface area contributed by atoms with Gasteiger partial charge in [0.05, 0.1) is 36.5 Å². The van der Waals surface area contributed by atoms with Gasteiger partial charge in [0.25, 0.3) is 0 Å². The standard InChI is InChI=1S/C26H27F3N4O4/c1-16-22(14-24(34)35)33(31-25(16)26(27,28)29)18-4-7-19(8-5-18)37-20-9-11-32(12-10-20)23-13-21(36-2)6-3-17(23)15-30/h3-8,13,16,20,22H,9-12,14H2,1-2H3,(H,34,35)/t16-,22-/m0/s1. The number of halogens is 3. The molecule has 0 aliphatic carbocycles. The van der Waals surface area contributed by atoms with Crippen molar-refractivity contribution < 1.29 is 32.5 Å². The molecule has 2 aliphatic heterocycles. The Hall–Kier alpha value is -3.94. The first-order valence-electron chi connectivity index (χ1n) is 11.9. The smallest absolute Gasteiger partial charge is 0.431 e. The molecule has 0 aromatic heterocycles. The summed E-state index contributed by atoms with van der Waals surface area (Å²) in [5.41, 5.74) is 0.770. The molecule has 2 aromatic carbocycles. The summed E-state index contributed by atoms with van der Waals surface area (Å²) in [6, 6.07) is 13.1. The predicted molar refractivity (Wildman–Crippen MR) is 131 cm³/mol. The maximum atomic E-state index is 13.4. The van der Waals surface area contributed by atoms with E-state index in [9.17, 15) is 28.3 Å². The maximum absolute atomic E-state index is 13.4. The summed E-state index contributed by atoms with van der Waals surface area (Å²) in [6.45, 7) is 2.71. The molecular weight excluding hydrogens is 489 g/mol. The zero-order valence-electron chi connectivity index (χ0n) is 20.4. The molecule has 1 fully saturated rings. The highest BCUT2D eigenvalue weighted by molar-refractivity contribution is 5.96. The average molecular weight is 517 g/mol. The summed E-state index contributed by atoms with van der Waals surface area (Å²) in [4.78, 5) is 13.4. The number of carboxylic acids is 1. The third-order valence-electron chi connectivity index (χ3n) is 6.72. The van der Waals surface area contributed by atoms with Gasteiger partial charge in [-0.1, -0.05) is 6.92 Å². The second kappa shape index (κ2) is 10.6. The van der Waals surface area contributed by atoms with Gasteiger partial charge >= 0.3 is 12.1 Å². The van der Waals surface area contributed by atoms with Crippen molar-refractivity contribution in [3.05, 3.63) is 48.0 Å². The number of benzene rings is 2. The topological polar surface area (TPSA) is 98.4 Å². The summed E-state index contributed by atoms with van der Waals surface area (Å²) in [7, 11) is 1.58. The number of anilines is 2. The first kappa shape index (κ1) is 26.1. The Morgan fingerprint density at radius 1 is 1.16 bits per heavy atom. The van der Waals surface area contributed by atoms with Gasteiger partial charge in [-0.25, -0.2) is 0 Å². The molecule has 2 atom stereocenters. The molecule has 2 heterocycles. The van der Waals surface area contributed by atoms with Crippen LogP contribution < -0.4 is 19.4 Å². The van der Waals surface area contributed by atoms with Crippen LogP contribution in [-0.4, -0.2) is 55.3 Å². The number of rotatable bonds is 7. The van der Waals surface area contributed by atoms with Gasteiger partial charge in [0.2, 0.25) is 0 Å². The summed E-state index contributed by atoms with van der Waals surface area (Å²) in [5.74, 6) is -1.04. The highest BCUT2D eigenvalue weighted by atomic mass is 19.4. The molecule has 11 heteroatoms. The molecule has 196 valence electrons. The molecule has 2 aromatic rings. The van der Waals surface area contributed by atoms with Gasteiger partial charge in [-0.05, 0) is 36.4 Å². The number of methoxy groups -OCH3 is 1. The molecule has 0 radical (unpaired) electrons. The van der Waals surface area contributed by atoms with E-state index < -0.39 is 36.2 Å². The van der Waals surface area contributed by atoms with E-state index in [4.69, 9.17) is 9.47 Å². The minimum atomic E-state index is -4.64. The van der Waals surface area contributed by atoms with Crippen LogP contribution in [-0.2, 0) is 4.79 Å². The molecule has 0 spiro atoms. The average Bonchev–Trinajstić information content (AvgIpc) is 3.20. The first-order valence-corrected chi connectivity index (χ1v) is 11.9. The Balaban J connectivity index is 1.41. The summed E-state index contributed by atoms with van der Waals surface area (Å²) in [5, 5.41) is 23.5. The van der Waals surface area contributed by atoms with Crippen molar-refractivity contribution in [3.63, 3.8) is 0 Å². The van der Waals surface area contributed by atoms with E-state index in [-0.39, 0.29) is 6.10 Å². The number of hydrogen-bond donors (Lipinski definition) is 1. The number of nitriles is 1.